The molecule has 0 aromatic carbocycles. The summed E-state index contributed by atoms with van der Waals surface area (Å²) in [7, 11) is 0. The molecule has 2 atom stereocenters. The molecule has 0 aliphatic heterocycles. The van der Waals surface area contributed by atoms with Gasteiger partial charge in [0.15, 0.2) is 0 Å². The Labute approximate surface area is 93.6 Å². The van der Waals surface area contributed by atoms with Crippen molar-refractivity contribution in [2.75, 3.05) is 0 Å². The minimum absolute atomic E-state index is 0.437. The Bertz CT molecular complexity index is 215. The van der Waals surface area contributed by atoms with Crippen LogP contribution in [0.1, 0.15) is 64.7 Å². The molecule has 0 bridgehead atoms. The van der Waals surface area contributed by atoms with Gasteiger partial charge in [0, 0.05) is 12.3 Å². The number of hydrogen-bond donors (Lipinski definition) is 0. The zero-order valence-electron chi connectivity index (χ0n) is 10.0. The van der Waals surface area contributed by atoms with Crippen molar-refractivity contribution in [1.82, 2.24) is 0 Å². The fourth-order valence-corrected chi connectivity index (χ4v) is 3.45. The molecule has 0 aromatic rings. The second-order valence-electron chi connectivity index (χ2n) is 5.60. The molecule has 0 saturated heterocycles. The van der Waals surface area contributed by atoms with E-state index in [0.717, 1.165) is 24.7 Å². The molecule has 2 unspecified atom stereocenters. The number of hydrogen-bond acceptors (Lipinski definition) is 1. The highest BCUT2D eigenvalue weighted by molar-refractivity contribution is 5.81. The van der Waals surface area contributed by atoms with Crippen molar-refractivity contribution in [3.05, 3.63) is 0 Å². The maximum atomic E-state index is 11.8. The van der Waals surface area contributed by atoms with Crippen molar-refractivity contribution in [2.24, 2.45) is 17.8 Å². The topological polar surface area (TPSA) is 17.1 Å². The van der Waals surface area contributed by atoms with Gasteiger partial charge in [-0.05, 0) is 31.1 Å². The minimum Gasteiger partial charge on any atom is -0.299 e. The third kappa shape index (κ3) is 2.83. The van der Waals surface area contributed by atoms with Gasteiger partial charge in [-0.15, -0.1) is 0 Å². The Kier molecular flexibility index (Phi) is 3.82. The first kappa shape index (κ1) is 11.2. The lowest BCUT2D eigenvalue weighted by atomic mass is 9.75. The van der Waals surface area contributed by atoms with Gasteiger partial charge in [-0.3, -0.25) is 4.79 Å². The third-order valence-corrected chi connectivity index (χ3v) is 4.54. The molecular weight excluding hydrogens is 184 g/mol. The Morgan fingerprint density at radius 2 is 1.87 bits per heavy atom. The summed E-state index contributed by atoms with van der Waals surface area (Å²) >= 11 is 0. The van der Waals surface area contributed by atoms with Crippen molar-refractivity contribution in [3.8, 4) is 0 Å². The van der Waals surface area contributed by atoms with Crippen molar-refractivity contribution in [1.29, 1.82) is 0 Å². The van der Waals surface area contributed by atoms with Crippen LogP contribution >= 0.6 is 0 Å². The maximum Gasteiger partial charge on any atom is 0.136 e. The highest BCUT2D eigenvalue weighted by Crippen LogP contribution is 2.37. The van der Waals surface area contributed by atoms with Crippen LogP contribution in [0.2, 0.25) is 0 Å². The molecule has 0 N–H and O–H groups in total. The van der Waals surface area contributed by atoms with E-state index in [1.54, 1.807) is 0 Å². The number of Topliss-reactive ketones (excluding diaryl/α,β-unsaturated/α-hetero) is 1. The van der Waals surface area contributed by atoms with Gasteiger partial charge in [-0.25, -0.2) is 0 Å². The molecule has 86 valence electrons. The van der Waals surface area contributed by atoms with E-state index in [9.17, 15) is 4.79 Å². The van der Waals surface area contributed by atoms with Crippen LogP contribution in [0, 0.1) is 17.8 Å². The van der Waals surface area contributed by atoms with Crippen molar-refractivity contribution in [3.63, 3.8) is 0 Å². The molecule has 15 heavy (non-hydrogen) atoms. The second kappa shape index (κ2) is 5.14. The smallest absolute Gasteiger partial charge is 0.136 e. The molecule has 0 heterocycles. The SMILES string of the molecule is CCC1CCC(=O)C(CC2CCCC2)C1. The predicted molar refractivity (Wildman–Crippen MR) is 62.7 cm³/mol. The lowest BCUT2D eigenvalue weighted by Crippen LogP contribution is -2.26. The van der Waals surface area contributed by atoms with Gasteiger partial charge < -0.3 is 0 Å². The first-order valence-corrected chi connectivity index (χ1v) is 6.82. The van der Waals surface area contributed by atoms with E-state index in [0.29, 0.717) is 11.7 Å². The van der Waals surface area contributed by atoms with Gasteiger partial charge in [-0.1, -0.05) is 39.0 Å². The summed E-state index contributed by atoms with van der Waals surface area (Å²) in [4.78, 5) is 11.8. The largest absolute Gasteiger partial charge is 0.299 e. The van der Waals surface area contributed by atoms with E-state index < -0.39 is 0 Å². The maximum absolute atomic E-state index is 11.8. The van der Waals surface area contributed by atoms with Crippen molar-refractivity contribution < 1.29 is 4.79 Å². The zero-order valence-corrected chi connectivity index (χ0v) is 10.0. The van der Waals surface area contributed by atoms with E-state index in [1.807, 2.05) is 0 Å². The van der Waals surface area contributed by atoms with E-state index in [1.165, 1.54) is 44.9 Å². The molecule has 0 amide bonds. The van der Waals surface area contributed by atoms with Crippen LogP contribution in [-0.2, 0) is 4.79 Å². The van der Waals surface area contributed by atoms with Crippen LogP contribution in [0.4, 0.5) is 0 Å². The van der Waals surface area contributed by atoms with E-state index in [-0.39, 0.29) is 0 Å². The molecule has 2 saturated carbocycles. The Morgan fingerprint density at radius 3 is 2.53 bits per heavy atom. The molecule has 2 rings (SSSR count). The average molecular weight is 208 g/mol. The summed E-state index contributed by atoms with van der Waals surface area (Å²) in [6.45, 7) is 2.27. The van der Waals surface area contributed by atoms with Gasteiger partial charge >= 0.3 is 0 Å². The quantitative estimate of drug-likeness (QED) is 0.686. The number of carbonyl (C=O) groups excluding carboxylic acids is 1. The molecule has 0 spiro atoms. The summed E-state index contributed by atoms with van der Waals surface area (Å²) < 4.78 is 0. The zero-order chi connectivity index (χ0) is 10.7. The summed E-state index contributed by atoms with van der Waals surface area (Å²) in [6, 6.07) is 0. The highest BCUT2D eigenvalue weighted by Gasteiger charge is 2.30. The van der Waals surface area contributed by atoms with Gasteiger partial charge in [0.25, 0.3) is 0 Å². The van der Waals surface area contributed by atoms with Crippen LogP contribution in [0.3, 0.4) is 0 Å². The van der Waals surface area contributed by atoms with Crippen LogP contribution in [0.5, 0.6) is 0 Å². The number of rotatable bonds is 3. The van der Waals surface area contributed by atoms with Crippen molar-refractivity contribution in [2.45, 2.75) is 64.7 Å². The molecule has 0 radical (unpaired) electrons. The minimum atomic E-state index is 0.437. The van der Waals surface area contributed by atoms with Crippen LogP contribution in [-0.4, -0.2) is 5.78 Å². The standard InChI is InChI=1S/C14H24O/c1-2-11-7-8-14(15)13(9-11)10-12-5-3-4-6-12/h11-13H,2-10H2,1H3. The van der Waals surface area contributed by atoms with Gasteiger partial charge in [0.05, 0.1) is 0 Å². The molecule has 1 heteroatoms. The second-order valence-corrected chi connectivity index (χ2v) is 5.60. The first-order chi connectivity index (χ1) is 7.29. The predicted octanol–water partition coefficient (Wildman–Crippen LogP) is 3.96. The molecule has 1 nitrogen and oxygen atoms in total. The monoisotopic (exact) mass is 208 g/mol. The Morgan fingerprint density at radius 1 is 1.13 bits per heavy atom. The summed E-state index contributed by atoms with van der Waals surface area (Å²) in [5.41, 5.74) is 0. The average Bonchev–Trinajstić information content (AvgIpc) is 2.74. The summed E-state index contributed by atoms with van der Waals surface area (Å²) in [5.74, 6) is 2.74. The fraction of sp³-hybridized carbons (Fsp3) is 0.929. The Balaban J connectivity index is 1.85. The molecule has 2 fully saturated rings. The van der Waals surface area contributed by atoms with Crippen LogP contribution in [0.15, 0.2) is 0 Å². The highest BCUT2D eigenvalue weighted by atomic mass is 16.1. The lowest BCUT2D eigenvalue weighted by Gasteiger charge is -2.29. The van der Waals surface area contributed by atoms with E-state index in [2.05, 4.69) is 6.92 Å². The van der Waals surface area contributed by atoms with Crippen LogP contribution in [0.25, 0.3) is 0 Å². The van der Waals surface area contributed by atoms with E-state index >= 15 is 0 Å². The molecule has 2 aliphatic carbocycles. The first-order valence-electron chi connectivity index (χ1n) is 6.82. The molecule has 2 aliphatic rings. The van der Waals surface area contributed by atoms with Gasteiger partial charge in [0.1, 0.15) is 5.78 Å². The van der Waals surface area contributed by atoms with Crippen molar-refractivity contribution >= 4 is 5.78 Å². The number of carbonyl (C=O) groups is 1. The van der Waals surface area contributed by atoms with Gasteiger partial charge in [0.2, 0.25) is 0 Å². The summed E-state index contributed by atoms with van der Waals surface area (Å²) in [6.07, 6.45) is 11.3. The normalized spacial score (nSPS) is 33.5. The van der Waals surface area contributed by atoms with Crippen LogP contribution < -0.4 is 0 Å². The summed E-state index contributed by atoms with van der Waals surface area (Å²) in [5, 5.41) is 0. The molecular formula is C14H24O. The Hall–Kier alpha value is -0.330. The van der Waals surface area contributed by atoms with Gasteiger partial charge in [-0.2, -0.15) is 0 Å². The third-order valence-electron chi connectivity index (χ3n) is 4.54. The van der Waals surface area contributed by atoms with E-state index in [4.69, 9.17) is 0 Å². The number of ketones is 1. The lowest BCUT2D eigenvalue weighted by molar-refractivity contribution is -0.126. The fourth-order valence-electron chi connectivity index (χ4n) is 3.45. The molecule has 0 aromatic heterocycles.